The van der Waals surface area contributed by atoms with Crippen molar-refractivity contribution >= 4 is 5.83 Å². The maximum atomic E-state index is 14.6. The van der Waals surface area contributed by atoms with Crippen molar-refractivity contribution in [1.29, 1.82) is 0 Å². The van der Waals surface area contributed by atoms with Crippen LogP contribution < -0.4 is 4.74 Å². The number of alkyl halides is 3. The number of halogens is 9. The van der Waals surface area contributed by atoms with Gasteiger partial charge in [-0.05, 0) is 60.2 Å². The standard InChI is InChI=1S/C25H17F9O/c1-2-18(26)23(31)15-7-6-14(19(27)10-15)5-3-13-4-8-17(20(28)9-13)16-11-21(29)24(22(30)12-16)35-25(32,33)34/h4,6-12H,2-3,5H2,1H3. The molecule has 0 saturated carbocycles. The van der Waals surface area contributed by atoms with E-state index in [-0.39, 0.29) is 41.5 Å². The molecule has 1 nitrogen and oxygen atoms in total. The van der Waals surface area contributed by atoms with Crippen LogP contribution in [0.5, 0.6) is 5.75 Å². The van der Waals surface area contributed by atoms with Crippen molar-refractivity contribution in [3.05, 3.63) is 94.3 Å². The number of ether oxygens (including phenoxy) is 1. The highest BCUT2D eigenvalue weighted by molar-refractivity contribution is 5.66. The van der Waals surface area contributed by atoms with Gasteiger partial charge in [-0.15, -0.1) is 13.2 Å². The lowest BCUT2D eigenvalue weighted by molar-refractivity contribution is -0.276. The van der Waals surface area contributed by atoms with Crippen LogP contribution in [0.3, 0.4) is 0 Å². The highest BCUT2D eigenvalue weighted by Gasteiger charge is 2.34. The largest absolute Gasteiger partial charge is 0.573 e. The van der Waals surface area contributed by atoms with Gasteiger partial charge in [-0.3, -0.25) is 0 Å². The molecular weight excluding hydrogens is 487 g/mol. The molecule has 3 aromatic carbocycles. The van der Waals surface area contributed by atoms with Gasteiger partial charge in [-0.2, -0.15) is 0 Å². The average molecular weight is 504 g/mol. The Kier molecular flexibility index (Phi) is 7.82. The summed E-state index contributed by atoms with van der Waals surface area (Å²) in [7, 11) is 0. The third-order valence-electron chi connectivity index (χ3n) is 5.10. The van der Waals surface area contributed by atoms with E-state index in [1.807, 2.05) is 0 Å². The third kappa shape index (κ3) is 6.37. The molecule has 0 aliphatic rings. The molecule has 0 radical (unpaired) electrons. The molecule has 0 spiro atoms. The number of aryl methyl sites for hydroxylation is 2. The van der Waals surface area contributed by atoms with Crippen molar-refractivity contribution in [2.75, 3.05) is 0 Å². The lowest BCUT2D eigenvalue weighted by atomic mass is 9.98. The van der Waals surface area contributed by atoms with E-state index in [1.54, 1.807) is 0 Å². The molecule has 3 aromatic rings. The average Bonchev–Trinajstić information content (AvgIpc) is 2.79. The van der Waals surface area contributed by atoms with Crippen molar-refractivity contribution in [2.24, 2.45) is 0 Å². The molecule has 0 aromatic heterocycles. The Labute approximate surface area is 194 Å². The van der Waals surface area contributed by atoms with Crippen molar-refractivity contribution < 1.29 is 44.3 Å². The first-order valence-electron chi connectivity index (χ1n) is 10.3. The second-order valence-electron chi connectivity index (χ2n) is 7.51. The van der Waals surface area contributed by atoms with E-state index in [0.717, 1.165) is 12.1 Å². The quantitative estimate of drug-likeness (QED) is 0.293. The fourth-order valence-corrected chi connectivity index (χ4v) is 3.35. The summed E-state index contributed by atoms with van der Waals surface area (Å²) in [6, 6.07) is 8.00. The molecule has 10 heteroatoms. The minimum atomic E-state index is -5.31. The van der Waals surface area contributed by atoms with E-state index in [0.29, 0.717) is 17.7 Å². The molecule has 0 saturated heterocycles. The van der Waals surface area contributed by atoms with Gasteiger partial charge in [0.1, 0.15) is 17.5 Å². The molecule has 0 amide bonds. The number of benzene rings is 3. The first-order valence-corrected chi connectivity index (χ1v) is 10.3. The smallest absolute Gasteiger partial charge is 0.399 e. The Bertz CT molecular complexity index is 1240. The van der Waals surface area contributed by atoms with Gasteiger partial charge in [0.2, 0.25) is 5.75 Å². The molecule has 0 aliphatic heterocycles. The van der Waals surface area contributed by atoms with E-state index >= 15 is 0 Å². The van der Waals surface area contributed by atoms with Crippen molar-refractivity contribution in [3.8, 4) is 16.9 Å². The molecule has 35 heavy (non-hydrogen) atoms. The monoisotopic (exact) mass is 504 g/mol. The van der Waals surface area contributed by atoms with E-state index in [2.05, 4.69) is 4.74 Å². The minimum Gasteiger partial charge on any atom is -0.399 e. The van der Waals surface area contributed by atoms with Crippen LogP contribution in [0.2, 0.25) is 0 Å². The summed E-state index contributed by atoms with van der Waals surface area (Å²) in [6.45, 7) is 1.41. The van der Waals surface area contributed by atoms with Gasteiger partial charge in [-0.25, -0.2) is 26.3 Å². The normalized spacial score (nSPS) is 12.5. The van der Waals surface area contributed by atoms with E-state index in [1.165, 1.54) is 31.2 Å². The Morgan fingerprint density at radius 2 is 1.43 bits per heavy atom. The van der Waals surface area contributed by atoms with E-state index in [9.17, 15) is 39.5 Å². The van der Waals surface area contributed by atoms with Gasteiger partial charge in [0.25, 0.3) is 0 Å². The number of hydrogen-bond donors (Lipinski definition) is 0. The molecule has 186 valence electrons. The maximum Gasteiger partial charge on any atom is 0.573 e. The minimum absolute atomic E-state index is 0.0826. The number of hydrogen-bond acceptors (Lipinski definition) is 1. The van der Waals surface area contributed by atoms with Crippen molar-refractivity contribution in [1.82, 2.24) is 0 Å². The molecule has 0 atom stereocenters. The van der Waals surface area contributed by atoms with Crippen molar-refractivity contribution in [2.45, 2.75) is 32.5 Å². The molecule has 0 bridgehead atoms. The number of rotatable bonds is 7. The highest BCUT2D eigenvalue weighted by Crippen LogP contribution is 2.34. The molecule has 0 fully saturated rings. The predicted molar refractivity (Wildman–Crippen MR) is 112 cm³/mol. The SMILES string of the molecule is CCC(F)=C(F)c1ccc(CCc2ccc(-c3cc(F)c(OC(F)(F)F)c(F)c3)c(F)c2)c(F)c1. The topological polar surface area (TPSA) is 9.23 Å². The fourth-order valence-electron chi connectivity index (χ4n) is 3.35. The predicted octanol–water partition coefficient (Wildman–Crippen LogP) is 8.61. The first kappa shape index (κ1) is 26.2. The van der Waals surface area contributed by atoms with Gasteiger partial charge < -0.3 is 4.74 Å². The lowest BCUT2D eigenvalue weighted by Gasteiger charge is -2.13. The van der Waals surface area contributed by atoms with Gasteiger partial charge in [0.05, 0.1) is 0 Å². The van der Waals surface area contributed by atoms with E-state index in [4.69, 9.17) is 0 Å². The summed E-state index contributed by atoms with van der Waals surface area (Å²) >= 11 is 0. The highest BCUT2D eigenvalue weighted by atomic mass is 19.4. The van der Waals surface area contributed by atoms with Crippen LogP contribution in [0.1, 0.15) is 30.0 Å². The number of allylic oxidation sites excluding steroid dienone is 1. The summed E-state index contributed by atoms with van der Waals surface area (Å²) in [4.78, 5) is 0. The fraction of sp³-hybridized carbons (Fsp3) is 0.200. The van der Waals surface area contributed by atoms with Crippen LogP contribution >= 0.6 is 0 Å². The van der Waals surface area contributed by atoms with E-state index < -0.39 is 47.0 Å². The zero-order valence-corrected chi connectivity index (χ0v) is 18.1. The molecule has 0 aliphatic carbocycles. The van der Waals surface area contributed by atoms with Crippen LogP contribution in [-0.4, -0.2) is 6.36 Å². The Balaban J connectivity index is 1.77. The second-order valence-corrected chi connectivity index (χ2v) is 7.51. The summed E-state index contributed by atoms with van der Waals surface area (Å²) in [5.41, 5.74) is -0.314. The second kappa shape index (κ2) is 10.5. The van der Waals surface area contributed by atoms with Crippen LogP contribution in [0.15, 0.2) is 54.4 Å². The zero-order valence-electron chi connectivity index (χ0n) is 18.1. The Morgan fingerprint density at radius 3 is 1.97 bits per heavy atom. The summed E-state index contributed by atoms with van der Waals surface area (Å²) in [6.07, 6.45) is -5.27. The molecular formula is C25H17F9O. The van der Waals surface area contributed by atoms with Crippen molar-refractivity contribution in [3.63, 3.8) is 0 Å². The summed E-state index contributed by atoms with van der Waals surface area (Å²) < 4.78 is 124. The summed E-state index contributed by atoms with van der Waals surface area (Å²) in [5.74, 6) is -8.82. The maximum absolute atomic E-state index is 14.6. The Hall–Kier alpha value is -3.43. The Morgan fingerprint density at radius 1 is 0.771 bits per heavy atom. The molecule has 3 rings (SSSR count). The lowest BCUT2D eigenvalue weighted by Crippen LogP contribution is -2.19. The van der Waals surface area contributed by atoms with Gasteiger partial charge >= 0.3 is 6.36 Å². The third-order valence-corrected chi connectivity index (χ3v) is 5.10. The molecule has 0 N–H and O–H groups in total. The van der Waals surface area contributed by atoms with Gasteiger partial charge in [0, 0.05) is 11.1 Å². The van der Waals surface area contributed by atoms with Crippen LogP contribution in [0.4, 0.5) is 39.5 Å². The zero-order chi connectivity index (χ0) is 25.9. The van der Waals surface area contributed by atoms with Gasteiger partial charge in [-0.1, -0.05) is 31.2 Å². The first-order chi connectivity index (χ1) is 16.4. The summed E-state index contributed by atoms with van der Waals surface area (Å²) in [5, 5.41) is 0. The van der Waals surface area contributed by atoms with Gasteiger partial charge in [0.15, 0.2) is 17.5 Å². The van der Waals surface area contributed by atoms with Crippen LogP contribution in [0.25, 0.3) is 17.0 Å². The van der Waals surface area contributed by atoms with Crippen LogP contribution in [0, 0.1) is 23.3 Å². The van der Waals surface area contributed by atoms with Crippen LogP contribution in [-0.2, 0) is 12.8 Å². The molecule has 0 unspecified atom stereocenters. The molecule has 0 heterocycles.